The molecule has 0 aromatic heterocycles. The molecule has 0 saturated carbocycles. The number of azo groups is 2. The molecule has 0 spiro atoms. The van der Waals surface area contributed by atoms with Gasteiger partial charge in [-0.2, -0.15) is 10.2 Å². The molecule has 0 aliphatic carbocycles. The molecule has 5 N–H and O–H groups in total. The van der Waals surface area contributed by atoms with Crippen LogP contribution in [-0.2, 0) is 59.0 Å². The molecule has 0 unspecified atom stereocenters. The van der Waals surface area contributed by atoms with Crippen molar-refractivity contribution in [3.8, 4) is 0 Å². The number of rotatable bonds is 17. The van der Waals surface area contributed by atoms with Gasteiger partial charge >= 0.3 is 88.7 Å². The number of hydrogen-bond donors (Lipinski definition) is 3. The van der Waals surface area contributed by atoms with Gasteiger partial charge in [0, 0.05) is 11.3 Å². The van der Waals surface area contributed by atoms with E-state index < -0.39 is 97.5 Å². The molecule has 0 saturated heterocycles. The van der Waals surface area contributed by atoms with Gasteiger partial charge in [0.15, 0.2) is 19.7 Å². The Kier molecular flexibility index (Phi) is 21.2. The van der Waals surface area contributed by atoms with Gasteiger partial charge in [0.25, 0.3) is 5.91 Å². The van der Waals surface area contributed by atoms with E-state index in [0.29, 0.717) is 0 Å². The van der Waals surface area contributed by atoms with Crippen LogP contribution in [0.4, 0.5) is 39.8 Å². The van der Waals surface area contributed by atoms with Crippen molar-refractivity contribution in [2.24, 2.45) is 20.5 Å². The maximum atomic E-state index is 12.8. The molecular formula is C29H26N7Na3O16S5. The van der Waals surface area contributed by atoms with Gasteiger partial charge in [-0.05, 0) is 78.9 Å². The monoisotopic (exact) mass is 957 g/mol. The molecule has 0 radical (unpaired) electrons. The van der Waals surface area contributed by atoms with Crippen molar-refractivity contribution in [3.05, 3.63) is 84.4 Å². The summed E-state index contributed by atoms with van der Waals surface area (Å²) in [4.78, 5) is 11.3. The molecule has 0 aliphatic rings. The van der Waals surface area contributed by atoms with E-state index in [2.05, 4.69) is 34.1 Å². The summed E-state index contributed by atoms with van der Waals surface area (Å²) in [6, 6.07) is 15.3. The van der Waals surface area contributed by atoms with Gasteiger partial charge in [-0.15, -0.1) is 10.2 Å². The Morgan fingerprint density at radius 2 is 1.00 bits per heavy atom. The molecule has 23 nitrogen and oxygen atoms in total. The number of carbonyl (C=O) groups is 1. The van der Waals surface area contributed by atoms with Crippen LogP contribution in [0.25, 0.3) is 0 Å². The number of sulfone groups is 2. The Morgan fingerprint density at radius 3 is 1.43 bits per heavy atom. The van der Waals surface area contributed by atoms with Crippen LogP contribution >= 0.6 is 0 Å². The summed E-state index contributed by atoms with van der Waals surface area (Å²) in [5, 5.41) is 18.0. The van der Waals surface area contributed by atoms with Crippen molar-refractivity contribution in [2.75, 3.05) is 41.5 Å². The molecule has 0 aliphatic heterocycles. The summed E-state index contributed by atoms with van der Waals surface area (Å²) in [7, 11) is -23.5. The van der Waals surface area contributed by atoms with E-state index in [0.717, 1.165) is 42.5 Å². The molecule has 0 heterocycles. The Hall–Kier alpha value is -2.30. The fourth-order valence-electron chi connectivity index (χ4n) is 4.36. The van der Waals surface area contributed by atoms with Crippen molar-refractivity contribution in [3.63, 3.8) is 0 Å². The predicted octanol–water partition coefficient (Wildman–Crippen LogP) is -6.65. The van der Waals surface area contributed by atoms with Gasteiger partial charge in [-0.1, -0.05) is 0 Å². The van der Waals surface area contributed by atoms with Gasteiger partial charge in [0.2, 0.25) is 20.8 Å². The molecule has 0 bridgehead atoms. The SMILES string of the molecule is Nc1c(N=Nc2ccc(C(=O)Nc3ccc(S(=O)(=O)CCOS(=O)(=O)[O-])cc3)cc2)cc(S(=O)(=O)[O-])c(N)c1N=Nc1ccc(S(=O)(=O)CCOS(=O)(=O)[O-])cc1.[Na+].[Na+].[Na+]. The second kappa shape index (κ2) is 22.9. The molecule has 4 rings (SSSR count). The van der Waals surface area contributed by atoms with E-state index in [1.807, 2.05) is 0 Å². The van der Waals surface area contributed by atoms with Crippen molar-refractivity contribution in [1.29, 1.82) is 0 Å². The zero-order valence-electron chi connectivity index (χ0n) is 31.4. The first kappa shape index (κ1) is 55.7. The number of nitrogens with one attached hydrogen (secondary N) is 1. The van der Waals surface area contributed by atoms with Crippen molar-refractivity contribution in [1.82, 2.24) is 0 Å². The third-order valence-electron chi connectivity index (χ3n) is 7.08. The number of nitrogens with two attached hydrogens (primary N) is 2. The van der Waals surface area contributed by atoms with Crippen LogP contribution in [0.3, 0.4) is 0 Å². The normalized spacial score (nSPS) is 12.3. The third kappa shape index (κ3) is 16.8. The number of nitrogen functional groups attached to an aromatic ring is 2. The zero-order valence-corrected chi connectivity index (χ0v) is 41.4. The molecule has 4 aromatic rings. The number of hydrogen-bond acceptors (Lipinski definition) is 22. The van der Waals surface area contributed by atoms with Gasteiger partial charge in [-0.25, -0.2) is 42.1 Å². The maximum Gasteiger partial charge on any atom is 1.00 e. The summed E-state index contributed by atoms with van der Waals surface area (Å²) in [5.41, 5.74) is 10.4. The van der Waals surface area contributed by atoms with Gasteiger partial charge in [-0.3, -0.25) is 13.2 Å². The molecule has 0 atom stereocenters. The fourth-order valence-corrected chi connectivity index (χ4v) is 7.94. The Labute approximate surface area is 410 Å². The van der Waals surface area contributed by atoms with Crippen LogP contribution < -0.4 is 105 Å². The molecular weight excluding hydrogens is 932 g/mol. The van der Waals surface area contributed by atoms with E-state index in [1.165, 1.54) is 36.4 Å². The largest absolute Gasteiger partial charge is 1.00 e. The van der Waals surface area contributed by atoms with E-state index in [9.17, 15) is 60.5 Å². The van der Waals surface area contributed by atoms with Gasteiger partial charge < -0.3 is 30.4 Å². The van der Waals surface area contributed by atoms with E-state index >= 15 is 0 Å². The second-order valence-corrected chi connectivity index (χ2v) is 18.7. The predicted molar refractivity (Wildman–Crippen MR) is 194 cm³/mol. The summed E-state index contributed by atoms with van der Waals surface area (Å²) in [6.45, 7) is -1.80. The number of carbonyl (C=O) groups excluding carboxylic acids is 1. The molecule has 4 aromatic carbocycles. The third-order valence-corrected chi connectivity index (χ3v) is 12.3. The van der Waals surface area contributed by atoms with Gasteiger partial charge in [0.05, 0.1) is 62.2 Å². The second-order valence-electron chi connectivity index (χ2n) is 11.0. The average molecular weight is 958 g/mol. The van der Waals surface area contributed by atoms with E-state index in [-0.39, 0.29) is 132 Å². The minimum absolute atomic E-state index is 0. The average Bonchev–Trinajstić information content (AvgIpc) is 3.10. The molecule has 1 amide bonds. The number of anilines is 3. The van der Waals surface area contributed by atoms with Crippen LogP contribution in [0.2, 0.25) is 0 Å². The fraction of sp³-hybridized carbons (Fsp3) is 0.138. The number of nitrogens with zero attached hydrogens (tertiary/aromatic N) is 4. The summed E-state index contributed by atoms with van der Waals surface area (Å²) < 4.78 is 157. The summed E-state index contributed by atoms with van der Waals surface area (Å²) >= 11 is 0. The minimum atomic E-state index is -5.24. The van der Waals surface area contributed by atoms with Crippen LogP contribution in [0, 0.1) is 0 Å². The van der Waals surface area contributed by atoms with Crippen molar-refractivity contribution < 1.29 is 158 Å². The first-order valence-corrected chi connectivity index (χ1v) is 22.5. The van der Waals surface area contributed by atoms with Crippen molar-refractivity contribution >= 4 is 96.3 Å². The topological polar surface area (TPSA) is 389 Å². The van der Waals surface area contributed by atoms with Crippen LogP contribution in [-0.4, -0.2) is 86.4 Å². The smallest absolute Gasteiger partial charge is 0.744 e. The summed E-state index contributed by atoms with van der Waals surface area (Å²) in [6.07, 6.45) is 0. The molecule has 31 heteroatoms. The maximum absolute atomic E-state index is 12.8. The van der Waals surface area contributed by atoms with Crippen LogP contribution in [0.5, 0.6) is 0 Å². The van der Waals surface area contributed by atoms with Crippen LogP contribution in [0.1, 0.15) is 10.4 Å². The molecule has 306 valence electrons. The first-order chi connectivity index (χ1) is 26.3. The van der Waals surface area contributed by atoms with E-state index in [1.54, 1.807) is 0 Å². The number of amides is 1. The summed E-state index contributed by atoms with van der Waals surface area (Å²) in [5.74, 6) is -2.27. The Bertz CT molecular complexity index is 2800. The minimum Gasteiger partial charge on any atom is -0.744 e. The van der Waals surface area contributed by atoms with Gasteiger partial charge in [0.1, 0.15) is 21.5 Å². The standard InChI is InChI=1S/C29H29N7O16S5.3Na/c30-26-24(17-25(55(42,43)44)27(31)28(26)36-34-21-7-11-23(12-8-21)54(40,41)16-14-52-57(48,49)50)35-33-20-3-1-18(2-4-20)29(37)32-19-5-9-22(10-6-19)53(38,39)15-13-51-56(45,46)47;;;/h1-12,17H,13-16,30-31H2,(H,32,37)(H,42,43,44)(H,45,46,47)(H,48,49,50);;;/q;3*+1/p-3. The number of benzene rings is 4. The quantitative estimate of drug-likeness (QED) is 0.0291. The first-order valence-electron chi connectivity index (χ1n) is 15.1. The van der Waals surface area contributed by atoms with Crippen LogP contribution in [0.15, 0.2) is 114 Å². The molecule has 0 fully saturated rings. The molecule has 60 heavy (non-hydrogen) atoms. The van der Waals surface area contributed by atoms with E-state index in [4.69, 9.17) is 11.5 Å². The Balaban J connectivity index is 0.00000600. The zero-order chi connectivity index (χ0) is 42.4. The Morgan fingerprint density at radius 1 is 0.583 bits per heavy atom. The van der Waals surface area contributed by atoms with Crippen molar-refractivity contribution in [2.45, 2.75) is 14.7 Å².